The SMILES string of the molecule is CC[n+]1ccn(-c2ccccc2)c1.O=S(=O)([N-]S(=O)(=O)C(F)(F)F)C(F)(F)F. The molecule has 1 aromatic carbocycles. The summed E-state index contributed by atoms with van der Waals surface area (Å²) in [5.74, 6) is 0. The van der Waals surface area contributed by atoms with Gasteiger partial charge in [0.1, 0.15) is 18.1 Å². The number of imidazole rings is 1. The summed E-state index contributed by atoms with van der Waals surface area (Å²) in [6.07, 6.45) is 6.24. The van der Waals surface area contributed by atoms with E-state index in [0.29, 0.717) is 0 Å². The molecule has 0 unspecified atom stereocenters. The second-order valence-corrected chi connectivity index (χ2v) is 8.33. The molecule has 7 nitrogen and oxygen atoms in total. The third-order valence-electron chi connectivity index (χ3n) is 2.89. The fourth-order valence-corrected chi connectivity index (χ4v) is 3.26. The van der Waals surface area contributed by atoms with Crippen molar-refractivity contribution < 1.29 is 47.7 Å². The summed E-state index contributed by atoms with van der Waals surface area (Å²) in [4.78, 5) is 0. The normalized spacial score (nSPS) is 13.0. The van der Waals surface area contributed by atoms with E-state index in [1.165, 1.54) is 5.69 Å². The molecule has 0 atom stereocenters. The van der Waals surface area contributed by atoms with Crippen molar-refractivity contribution in [1.82, 2.24) is 4.57 Å². The lowest BCUT2D eigenvalue weighted by Crippen LogP contribution is -2.30. The Hall–Kier alpha value is -2.13. The zero-order chi connectivity index (χ0) is 21.8. The molecule has 1 aromatic heterocycles. The van der Waals surface area contributed by atoms with Gasteiger partial charge in [-0.05, 0) is 19.1 Å². The number of rotatable bonds is 4. The topological polar surface area (TPSA) is 91.2 Å². The zero-order valence-electron chi connectivity index (χ0n) is 13.9. The first-order valence-corrected chi connectivity index (χ1v) is 9.98. The number of benzene rings is 1. The number of aromatic nitrogens is 2. The van der Waals surface area contributed by atoms with Crippen LogP contribution in [0.15, 0.2) is 49.1 Å². The third-order valence-corrected chi connectivity index (χ3v) is 5.63. The Morgan fingerprint density at radius 3 is 1.75 bits per heavy atom. The molecular formula is C13H13F6N3O4S2. The maximum absolute atomic E-state index is 11.4. The molecule has 0 saturated heterocycles. The van der Waals surface area contributed by atoms with Crippen molar-refractivity contribution in [3.63, 3.8) is 0 Å². The highest BCUT2D eigenvalue weighted by atomic mass is 32.3. The average Bonchev–Trinajstić information content (AvgIpc) is 3.02. The third kappa shape index (κ3) is 6.20. The first-order valence-electron chi connectivity index (χ1n) is 7.10. The second kappa shape index (κ2) is 8.48. The number of halogens is 6. The number of nitrogens with zero attached hydrogens (tertiary/aromatic N) is 3. The Morgan fingerprint density at radius 1 is 0.929 bits per heavy atom. The van der Waals surface area contributed by atoms with E-state index in [4.69, 9.17) is 0 Å². The summed E-state index contributed by atoms with van der Waals surface area (Å²) in [6, 6.07) is 10.3. The molecule has 0 aliphatic heterocycles. The molecule has 0 aliphatic carbocycles. The summed E-state index contributed by atoms with van der Waals surface area (Å²) in [5.41, 5.74) is -11.2. The number of para-hydroxylation sites is 1. The van der Waals surface area contributed by atoms with E-state index < -0.39 is 31.1 Å². The van der Waals surface area contributed by atoms with Crippen LogP contribution in [0.4, 0.5) is 26.3 Å². The quantitative estimate of drug-likeness (QED) is 0.526. The number of alkyl halides is 6. The highest BCUT2D eigenvalue weighted by Gasteiger charge is 2.46. The number of aryl methyl sites for hydroxylation is 1. The molecule has 15 heteroatoms. The summed E-state index contributed by atoms with van der Waals surface area (Å²) in [7, 11) is -13.4. The minimum Gasteiger partial charge on any atom is -0.421 e. The van der Waals surface area contributed by atoms with Gasteiger partial charge in [0, 0.05) is 0 Å². The maximum atomic E-state index is 11.4. The van der Waals surface area contributed by atoms with Gasteiger partial charge >= 0.3 is 11.0 Å². The smallest absolute Gasteiger partial charge is 0.421 e. The molecule has 0 fully saturated rings. The van der Waals surface area contributed by atoms with Crippen LogP contribution >= 0.6 is 0 Å². The van der Waals surface area contributed by atoms with Crippen LogP contribution in [0.25, 0.3) is 9.81 Å². The van der Waals surface area contributed by atoms with Gasteiger partial charge in [-0.25, -0.2) is 26.0 Å². The van der Waals surface area contributed by atoms with Crippen LogP contribution in [0.5, 0.6) is 0 Å². The summed E-state index contributed by atoms with van der Waals surface area (Å²) in [5, 5.41) is 0. The van der Waals surface area contributed by atoms with Crippen molar-refractivity contribution in [2.24, 2.45) is 0 Å². The van der Waals surface area contributed by atoms with Crippen LogP contribution in [0, 0.1) is 0 Å². The van der Waals surface area contributed by atoms with Crippen molar-refractivity contribution >= 4 is 20.0 Å². The molecule has 2 rings (SSSR count). The molecule has 0 saturated carbocycles. The Bertz CT molecular complexity index is 941. The molecule has 1 heterocycles. The van der Waals surface area contributed by atoms with Gasteiger partial charge in [0.15, 0.2) is 20.0 Å². The standard InChI is InChI=1S/C11H13N2.C2F6NO4S2/c1-2-12-8-9-13(10-12)11-6-4-3-5-7-11;3-1(4,5)14(10,11)9-15(12,13)2(6,7)8/h3-10H,2H2,1H3;/q+1;-1. The Labute approximate surface area is 156 Å². The molecule has 0 N–H and O–H groups in total. The number of sulfonamides is 2. The lowest BCUT2D eigenvalue weighted by molar-refractivity contribution is -0.692. The van der Waals surface area contributed by atoms with Gasteiger partial charge in [0.25, 0.3) is 0 Å². The van der Waals surface area contributed by atoms with Crippen molar-refractivity contribution in [1.29, 1.82) is 0 Å². The second-order valence-electron chi connectivity index (χ2n) is 4.90. The van der Waals surface area contributed by atoms with Crippen molar-refractivity contribution in [2.75, 3.05) is 0 Å². The van der Waals surface area contributed by atoms with Gasteiger partial charge in [0.05, 0.1) is 6.54 Å². The minimum atomic E-state index is -6.72. The van der Waals surface area contributed by atoms with E-state index in [2.05, 4.69) is 46.9 Å². The molecule has 0 aliphatic rings. The fraction of sp³-hybridized carbons (Fsp3) is 0.308. The van der Waals surface area contributed by atoms with Crippen LogP contribution in [0.2, 0.25) is 0 Å². The predicted molar refractivity (Wildman–Crippen MR) is 84.9 cm³/mol. The lowest BCUT2D eigenvalue weighted by atomic mass is 10.3. The van der Waals surface area contributed by atoms with Crippen LogP contribution in [-0.4, -0.2) is 32.4 Å². The molecule has 0 spiro atoms. The van der Waals surface area contributed by atoms with Crippen LogP contribution < -0.4 is 4.57 Å². The summed E-state index contributed by atoms with van der Waals surface area (Å²) in [6.45, 7) is 3.15. The van der Waals surface area contributed by atoms with Gasteiger partial charge in [-0.1, -0.05) is 18.2 Å². The van der Waals surface area contributed by atoms with Gasteiger partial charge in [-0.2, -0.15) is 26.3 Å². The van der Waals surface area contributed by atoms with E-state index in [-0.39, 0.29) is 0 Å². The molecular weight excluding hydrogens is 440 g/mol. The van der Waals surface area contributed by atoms with E-state index in [1.54, 1.807) is 0 Å². The van der Waals surface area contributed by atoms with Crippen LogP contribution in [0.3, 0.4) is 0 Å². The first kappa shape index (κ1) is 23.9. The van der Waals surface area contributed by atoms with Gasteiger partial charge in [-0.3, -0.25) is 0 Å². The average molecular weight is 453 g/mol. The van der Waals surface area contributed by atoms with Crippen LogP contribution in [0.1, 0.15) is 6.92 Å². The van der Waals surface area contributed by atoms with Gasteiger partial charge in [0.2, 0.25) is 6.33 Å². The lowest BCUT2D eigenvalue weighted by Gasteiger charge is -2.22. The molecule has 0 bridgehead atoms. The van der Waals surface area contributed by atoms with Crippen LogP contribution in [-0.2, 0) is 26.6 Å². The van der Waals surface area contributed by atoms with Crippen molar-refractivity contribution in [2.45, 2.75) is 24.5 Å². The number of hydrogen-bond donors (Lipinski definition) is 0. The zero-order valence-corrected chi connectivity index (χ0v) is 15.5. The number of hydrogen-bond acceptors (Lipinski definition) is 4. The molecule has 0 amide bonds. The van der Waals surface area contributed by atoms with Gasteiger partial charge in [-0.15, -0.1) is 0 Å². The van der Waals surface area contributed by atoms with E-state index >= 15 is 0 Å². The van der Waals surface area contributed by atoms with Crippen molar-refractivity contribution in [3.8, 4) is 5.69 Å². The summed E-state index contributed by atoms with van der Waals surface area (Å²) < 4.78 is 113. The molecule has 2 aromatic rings. The fourth-order valence-electron chi connectivity index (χ4n) is 1.55. The first-order chi connectivity index (χ1) is 12.6. The Morgan fingerprint density at radius 2 is 1.39 bits per heavy atom. The monoisotopic (exact) mass is 453 g/mol. The highest BCUT2D eigenvalue weighted by Crippen LogP contribution is 2.36. The highest BCUT2D eigenvalue weighted by molar-refractivity contribution is 8.13. The van der Waals surface area contributed by atoms with E-state index in [0.717, 1.165) is 10.7 Å². The summed E-state index contributed by atoms with van der Waals surface area (Å²) >= 11 is 0. The molecule has 0 radical (unpaired) electrons. The van der Waals surface area contributed by atoms with E-state index in [9.17, 15) is 43.2 Å². The van der Waals surface area contributed by atoms with Crippen molar-refractivity contribution in [3.05, 3.63) is 53.2 Å². The Balaban J connectivity index is 0.000000281. The minimum absolute atomic E-state index is 0.778. The maximum Gasteiger partial charge on any atom is 0.480 e. The van der Waals surface area contributed by atoms with Gasteiger partial charge < -0.3 is 4.13 Å². The largest absolute Gasteiger partial charge is 0.480 e. The molecule has 158 valence electrons. The molecule has 28 heavy (non-hydrogen) atoms. The van der Waals surface area contributed by atoms with E-state index in [1.807, 2.05) is 18.2 Å². The predicted octanol–water partition coefficient (Wildman–Crippen LogP) is 2.84. The Kier molecular flexibility index (Phi) is 7.24.